The molecular weight excluding hydrogens is 218 g/mol. The Morgan fingerprint density at radius 1 is 1.31 bits per heavy atom. The van der Waals surface area contributed by atoms with Gasteiger partial charge in [0.25, 0.3) is 0 Å². The van der Waals surface area contributed by atoms with Crippen molar-refractivity contribution in [2.75, 3.05) is 6.54 Å². The minimum atomic E-state index is 0.311. The summed E-state index contributed by atoms with van der Waals surface area (Å²) in [6.45, 7) is 8.36. The molecule has 0 fully saturated rings. The van der Waals surface area contributed by atoms with Crippen LogP contribution in [-0.2, 0) is 6.54 Å². The van der Waals surface area contributed by atoms with Crippen LogP contribution < -0.4 is 5.32 Å². The van der Waals surface area contributed by atoms with E-state index in [4.69, 9.17) is 11.6 Å². The minimum Gasteiger partial charge on any atom is -0.313 e. The largest absolute Gasteiger partial charge is 0.313 e. The monoisotopic (exact) mass is 239 g/mol. The maximum atomic E-state index is 6.06. The van der Waals surface area contributed by atoms with E-state index in [1.807, 2.05) is 0 Å². The van der Waals surface area contributed by atoms with E-state index in [1.54, 1.807) is 0 Å². The van der Waals surface area contributed by atoms with Crippen molar-refractivity contribution < 1.29 is 0 Å². The highest BCUT2D eigenvalue weighted by molar-refractivity contribution is 6.20. The number of benzene rings is 1. The lowest BCUT2D eigenvalue weighted by atomic mass is 10.1. The summed E-state index contributed by atoms with van der Waals surface area (Å²) in [5.74, 6) is 0. The van der Waals surface area contributed by atoms with Crippen LogP contribution in [0.2, 0.25) is 0 Å². The lowest BCUT2D eigenvalue weighted by Gasteiger charge is -2.10. The Labute approximate surface area is 104 Å². The van der Waals surface area contributed by atoms with Gasteiger partial charge in [-0.15, -0.1) is 11.6 Å². The van der Waals surface area contributed by atoms with Gasteiger partial charge in [0, 0.05) is 11.9 Å². The second-order valence-electron chi connectivity index (χ2n) is 4.40. The van der Waals surface area contributed by atoms with Gasteiger partial charge < -0.3 is 5.32 Å². The highest BCUT2D eigenvalue weighted by Crippen LogP contribution is 2.10. The molecule has 0 aliphatic carbocycles. The normalized spacial score (nSPS) is 12.8. The van der Waals surface area contributed by atoms with Gasteiger partial charge in [-0.25, -0.2) is 0 Å². The van der Waals surface area contributed by atoms with Gasteiger partial charge in [-0.2, -0.15) is 0 Å². The third-order valence-corrected chi connectivity index (χ3v) is 3.42. The first-order valence-corrected chi connectivity index (χ1v) is 6.48. The third-order valence-electron chi connectivity index (χ3n) is 2.90. The first-order chi connectivity index (χ1) is 7.63. The van der Waals surface area contributed by atoms with Gasteiger partial charge in [-0.3, -0.25) is 0 Å². The fourth-order valence-corrected chi connectivity index (χ4v) is 1.79. The Morgan fingerprint density at radius 2 is 2.06 bits per heavy atom. The second-order valence-corrected chi connectivity index (χ2v) is 5.02. The van der Waals surface area contributed by atoms with Crippen molar-refractivity contribution in [3.05, 3.63) is 34.9 Å². The van der Waals surface area contributed by atoms with E-state index in [-0.39, 0.29) is 0 Å². The number of nitrogens with one attached hydrogen (secondary N) is 1. The molecule has 0 aliphatic heterocycles. The van der Waals surface area contributed by atoms with Crippen LogP contribution in [0.5, 0.6) is 0 Å². The number of rotatable bonds is 6. The molecule has 1 unspecified atom stereocenters. The van der Waals surface area contributed by atoms with E-state index < -0.39 is 0 Å². The molecule has 0 amide bonds. The van der Waals surface area contributed by atoms with Gasteiger partial charge in [0.2, 0.25) is 0 Å². The molecule has 0 radical (unpaired) electrons. The Kier molecular flexibility index (Phi) is 5.86. The molecule has 90 valence electrons. The first-order valence-electron chi connectivity index (χ1n) is 6.04. The summed E-state index contributed by atoms with van der Waals surface area (Å²) in [5, 5.41) is 3.76. The van der Waals surface area contributed by atoms with Crippen molar-refractivity contribution in [1.29, 1.82) is 0 Å². The molecule has 0 aliphatic rings. The molecule has 0 aromatic heterocycles. The van der Waals surface area contributed by atoms with Crippen molar-refractivity contribution in [2.45, 2.75) is 45.5 Å². The minimum absolute atomic E-state index is 0.311. The molecule has 1 rings (SSSR count). The summed E-state index contributed by atoms with van der Waals surface area (Å²) in [5.41, 5.74) is 4.07. The van der Waals surface area contributed by atoms with Crippen molar-refractivity contribution in [3.63, 3.8) is 0 Å². The predicted molar refractivity (Wildman–Crippen MR) is 72.2 cm³/mol. The number of alkyl halides is 1. The van der Waals surface area contributed by atoms with Crippen LogP contribution >= 0.6 is 11.6 Å². The van der Waals surface area contributed by atoms with Gasteiger partial charge in [-0.1, -0.05) is 30.7 Å². The van der Waals surface area contributed by atoms with Gasteiger partial charge in [-0.05, 0) is 44.4 Å². The molecule has 1 aromatic carbocycles. The quantitative estimate of drug-likeness (QED) is 0.588. The molecule has 0 bridgehead atoms. The summed E-state index contributed by atoms with van der Waals surface area (Å²) >= 11 is 6.06. The van der Waals surface area contributed by atoms with Gasteiger partial charge in [0.15, 0.2) is 0 Å². The molecule has 16 heavy (non-hydrogen) atoms. The van der Waals surface area contributed by atoms with Crippen molar-refractivity contribution in [3.8, 4) is 0 Å². The average Bonchev–Trinajstić information content (AvgIpc) is 2.28. The fraction of sp³-hybridized carbons (Fsp3) is 0.571. The zero-order valence-corrected chi connectivity index (χ0v) is 11.3. The number of hydrogen-bond acceptors (Lipinski definition) is 1. The van der Waals surface area contributed by atoms with E-state index in [9.17, 15) is 0 Å². The lowest BCUT2D eigenvalue weighted by molar-refractivity contribution is 0.620. The predicted octanol–water partition coefficient (Wildman–Crippen LogP) is 3.80. The zero-order chi connectivity index (χ0) is 12.0. The summed E-state index contributed by atoms with van der Waals surface area (Å²) in [6, 6.07) is 6.59. The fourth-order valence-electron chi connectivity index (χ4n) is 1.68. The van der Waals surface area contributed by atoms with Crippen LogP contribution in [0.25, 0.3) is 0 Å². The molecule has 0 saturated carbocycles. The molecule has 0 heterocycles. The van der Waals surface area contributed by atoms with Gasteiger partial charge in [0.1, 0.15) is 0 Å². The summed E-state index contributed by atoms with van der Waals surface area (Å²) in [4.78, 5) is 0. The zero-order valence-electron chi connectivity index (χ0n) is 10.5. The molecule has 1 N–H and O–H groups in total. The Hall–Kier alpha value is -0.530. The standard InChI is InChI=1S/C14H22ClN/c1-4-14(15)7-8-16-10-13-9-11(2)5-6-12(13)3/h5-6,9,14,16H,4,7-8,10H2,1-3H3. The summed E-state index contributed by atoms with van der Waals surface area (Å²) in [6.07, 6.45) is 2.09. The second kappa shape index (κ2) is 6.93. The van der Waals surface area contributed by atoms with Crippen LogP contribution in [-0.4, -0.2) is 11.9 Å². The Bertz CT molecular complexity index is 323. The van der Waals surface area contributed by atoms with E-state index in [2.05, 4.69) is 44.3 Å². The Morgan fingerprint density at radius 3 is 2.75 bits per heavy atom. The Balaban J connectivity index is 2.34. The number of aryl methyl sites for hydroxylation is 2. The van der Waals surface area contributed by atoms with E-state index in [0.29, 0.717) is 5.38 Å². The maximum absolute atomic E-state index is 6.06. The van der Waals surface area contributed by atoms with E-state index in [1.165, 1.54) is 16.7 Å². The topological polar surface area (TPSA) is 12.0 Å². The molecule has 1 nitrogen and oxygen atoms in total. The summed E-state index contributed by atoms with van der Waals surface area (Å²) < 4.78 is 0. The first kappa shape index (κ1) is 13.5. The molecular formula is C14H22ClN. The molecule has 1 aromatic rings. The smallest absolute Gasteiger partial charge is 0.0345 e. The SMILES string of the molecule is CCC(Cl)CCNCc1cc(C)ccc1C. The molecule has 0 saturated heterocycles. The van der Waals surface area contributed by atoms with Gasteiger partial charge >= 0.3 is 0 Å². The maximum Gasteiger partial charge on any atom is 0.0345 e. The highest BCUT2D eigenvalue weighted by atomic mass is 35.5. The summed E-state index contributed by atoms with van der Waals surface area (Å²) in [7, 11) is 0. The van der Waals surface area contributed by atoms with E-state index >= 15 is 0 Å². The van der Waals surface area contributed by atoms with Crippen LogP contribution in [0.15, 0.2) is 18.2 Å². The molecule has 0 spiro atoms. The highest BCUT2D eigenvalue weighted by Gasteiger charge is 2.01. The third kappa shape index (κ3) is 4.54. The van der Waals surface area contributed by atoms with Crippen LogP contribution in [0.1, 0.15) is 36.5 Å². The van der Waals surface area contributed by atoms with Crippen LogP contribution in [0.4, 0.5) is 0 Å². The van der Waals surface area contributed by atoms with Crippen molar-refractivity contribution >= 4 is 11.6 Å². The molecule has 2 heteroatoms. The van der Waals surface area contributed by atoms with Crippen molar-refractivity contribution in [2.24, 2.45) is 0 Å². The average molecular weight is 240 g/mol. The van der Waals surface area contributed by atoms with Crippen LogP contribution in [0.3, 0.4) is 0 Å². The van der Waals surface area contributed by atoms with Crippen LogP contribution in [0, 0.1) is 13.8 Å². The number of hydrogen-bond donors (Lipinski definition) is 1. The van der Waals surface area contributed by atoms with Crippen molar-refractivity contribution in [1.82, 2.24) is 5.32 Å². The van der Waals surface area contributed by atoms with Gasteiger partial charge in [0.05, 0.1) is 0 Å². The number of halogens is 1. The van der Waals surface area contributed by atoms with E-state index in [0.717, 1.165) is 25.9 Å². The molecule has 1 atom stereocenters. The lowest BCUT2D eigenvalue weighted by Crippen LogP contribution is -2.18.